The Morgan fingerprint density at radius 3 is 2.69 bits per heavy atom. The van der Waals surface area contributed by atoms with Gasteiger partial charge in [0.2, 0.25) is 0 Å². The molecule has 0 saturated carbocycles. The zero-order valence-corrected chi connectivity index (χ0v) is 10.6. The van der Waals surface area contributed by atoms with Gasteiger partial charge in [0.1, 0.15) is 0 Å². The molecule has 0 radical (unpaired) electrons. The number of likely N-dealkylation sites (N-methyl/N-ethyl adjacent to an activating group) is 1. The highest BCUT2D eigenvalue weighted by atomic mass is 35.5. The second-order valence-corrected chi connectivity index (χ2v) is 3.97. The van der Waals surface area contributed by atoms with Crippen LogP contribution in [0.3, 0.4) is 0 Å². The highest BCUT2D eigenvalue weighted by molar-refractivity contribution is 6.33. The maximum atomic E-state index is 6.22. The van der Waals surface area contributed by atoms with E-state index in [0.29, 0.717) is 13.2 Å². The Hall–Kier alpha value is -0.770. The normalized spacial score (nSPS) is 10.5. The summed E-state index contributed by atoms with van der Waals surface area (Å²) in [5.74, 6) is 0. The molecule has 0 fully saturated rings. The maximum Gasteiger partial charge on any atom is 0.0642 e. The molecule has 0 aliphatic carbocycles. The second kappa shape index (κ2) is 6.74. The molecule has 0 unspecified atom stereocenters. The lowest BCUT2D eigenvalue weighted by Crippen LogP contribution is -2.27. The first-order chi connectivity index (χ1) is 7.72. The maximum absolute atomic E-state index is 6.22. The summed E-state index contributed by atoms with van der Waals surface area (Å²) in [5.41, 5.74) is 7.66. The number of halogens is 1. The minimum absolute atomic E-state index is 0.518. The van der Waals surface area contributed by atoms with Crippen LogP contribution in [0.5, 0.6) is 0 Å². The van der Waals surface area contributed by atoms with Gasteiger partial charge in [-0.05, 0) is 24.6 Å². The zero-order valence-electron chi connectivity index (χ0n) is 9.87. The van der Waals surface area contributed by atoms with Gasteiger partial charge in [0, 0.05) is 26.7 Å². The predicted octanol–water partition coefficient (Wildman–Crippen LogP) is 2.27. The fraction of sp³-hybridized carbons (Fsp3) is 0.500. The van der Waals surface area contributed by atoms with E-state index in [0.717, 1.165) is 29.4 Å². The zero-order chi connectivity index (χ0) is 12.0. The lowest BCUT2D eigenvalue weighted by atomic mass is 10.2. The number of benzene rings is 1. The van der Waals surface area contributed by atoms with Gasteiger partial charge in [-0.3, -0.25) is 0 Å². The Labute approximate surface area is 102 Å². The largest absolute Gasteiger partial charge is 0.383 e. The summed E-state index contributed by atoms with van der Waals surface area (Å²) in [7, 11) is 1.70. The number of rotatable bonds is 6. The van der Waals surface area contributed by atoms with Gasteiger partial charge in [-0.15, -0.1) is 0 Å². The smallest absolute Gasteiger partial charge is 0.0642 e. The monoisotopic (exact) mass is 242 g/mol. The highest BCUT2D eigenvalue weighted by Crippen LogP contribution is 2.26. The van der Waals surface area contributed by atoms with Crippen molar-refractivity contribution in [3.8, 4) is 0 Å². The van der Waals surface area contributed by atoms with E-state index in [-0.39, 0.29) is 0 Å². The molecule has 16 heavy (non-hydrogen) atoms. The summed E-state index contributed by atoms with van der Waals surface area (Å²) in [5, 5.41) is 0.751. The van der Waals surface area contributed by atoms with Crippen LogP contribution >= 0.6 is 11.6 Å². The fourth-order valence-electron chi connectivity index (χ4n) is 1.58. The minimum atomic E-state index is 0.518. The molecule has 0 aliphatic heterocycles. The van der Waals surface area contributed by atoms with Crippen LogP contribution in [0.2, 0.25) is 5.02 Å². The van der Waals surface area contributed by atoms with Crippen LogP contribution in [-0.2, 0) is 11.3 Å². The van der Waals surface area contributed by atoms with Crippen molar-refractivity contribution in [1.82, 2.24) is 0 Å². The van der Waals surface area contributed by atoms with Crippen LogP contribution in [0.4, 0.5) is 5.69 Å². The summed E-state index contributed by atoms with van der Waals surface area (Å²) in [4.78, 5) is 2.19. The van der Waals surface area contributed by atoms with Gasteiger partial charge in [0.15, 0.2) is 0 Å². The van der Waals surface area contributed by atoms with Gasteiger partial charge in [0.25, 0.3) is 0 Å². The van der Waals surface area contributed by atoms with Crippen molar-refractivity contribution in [2.45, 2.75) is 13.5 Å². The standard InChI is InChI=1S/C12H19ClN2O/c1-3-15(6-7-16-2)12-5-4-10(9-14)8-11(12)13/h4-5,8H,3,6-7,9,14H2,1-2H3. The van der Waals surface area contributed by atoms with E-state index in [1.807, 2.05) is 18.2 Å². The van der Waals surface area contributed by atoms with Crippen molar-refractivity contribution >= 4 is 17.3 Å². The summed E-state index contributed by atoms with van der Waals surface area (Å²) in [6.45, 7) is 5.07. The molecule has 1 aromatic rings. The van der Waals surface area contributed by atoms with E-state index < -0.39 is 0 Å². The van der Waals surface area contributed by atoms with E-state index in [1.54, 1.807) is 7.11 Å². The van der Waals surface area contributed by atoms with E-state index in [4.69, 9.17) is 22.1 Å². The third-order valence-corrected chi connectivity index (χ3v) is 2.84. The van der Waals surface area contributed by atoms with Crippen molar-refractivity contribution < 1.29 is 4.74 Å². The SMILES string of the molecule is CCN(CCOC)c1ccc(CN)cc1Cl. The van der Waals surface area contributed by atoms with Gasteiger partial charge in [0.05, 0.1) is 17.3 Å². The van der Waals surface area contributed by atoms with Crippen LogP contribution in [0.15, 0.2) is 18.2 Å². The van der Waals surface area contributed by atoms with Gasteiger partial charge in [-0.2, -0.15) is 0 Å². The van der Waals surface area contributed by atoms with E-state index >= 15 is 0 Å². The predicted molar refractivity (Wildman–Crippen MR) is 69.1 cm³/mol. The number of hydrogen-bond acceptors (Lipinski definition) is 3. The Bertz CT molecular complexity index is 331. The van der Waals surface area contributed by atoms with Crippen molar-refractivity contribution in [2.75, 3.05) is 31.7 Å². The summed E-state index contributed by atoms with van der Waals surface area (Å²) in [6, 6.07) is 5.95. The molecule has 0 aliphatic rings. The molecule has 4 heteroatoms. The molecule has 0 spiro atoms. The Balaban J connectivity index is 2.83. The average Bonchev–Trinajstić information content (AvgIpc) is 2.31. The molecule has 0 aromatic heterocycles. The van der Waals surface area contributed by atoms with E-state index in [9.17, 15) is 0 Å². The molecule has 0 amide bonds. The number of anilines is 1. The first-order valence-electron chi connectivity index (χ1n) is 5.45. The number of hydrogen-bond donors (Lipinski definition) is 1. The molecule has 90 valence electrons. The molecule has 2 N–H and O–H groups in total. The number of nitrogens with zero attached hydrogens (tertiary/aromatic N) is 1. The molecule has 0 saturated heterocycles. The first-order valence-corrected chi connectivity index (χ1v) is 5.83. The number of ether oxygens (including phenoxy) is 1. The van der Waals surface area contributed by atoms with Crippen LogP contribution in [-0.4, -0.2) is 26.8 Å². The van der Waals surface area contributed by atoms with Crippen molar-refractivity contribution in [2.24, 2.45) is 5.73 Å². The molecular weight excluding hydrogens is 224 g/mol. The number of nitrogens with two attached hydrogens (primary N) is 1. The topological polar surface area (TPSA) is 38.5 Å². The molecule has 0 atom stereocenters. The molecule has 1 rings (SSSR count). The van der Waals surface area contributed by atoms with Crippen molar-refractivity contribution in [3.05, 3.63) is 28.8 Å². The molecule has 0 bridgehead atoms. The van der Waals surface area contributed by atoms with Crippen LogP contribution in [0, 0.1) is 0 Å². The lowest BCUT2D eigenvalue weighted by Gasteiger charge is -2.24. The quantitative estimate of drug-likeness (QED) is 0.832. The molecule has 1 aromatic carbocycles. The van der Waals surface area contributed by atoms with Gasteiger partial charge in [-0.25, -0.2) is 0 Å². The summed E-state index contributed by atoms with van der Waals surface area (Å²) < 4.78 is 5.08. The number of methoxy groups -OCH3 is 1. The third kappa shape index (κ3) is 3.37. The Morgan fingerprint density at radius 1 is 1.44 bits per heavy atom. The molecular formula is C12H19ClN2O. The fourth-order valence-corrected chi connectivity index (χ4v) is 1.91. The summed E-state index contributed by atoms with van der Waals surface area (Å²) >= 11 is 6.22. The lowest BCUT2D eigenvalue weighted by molar-refractivity contribution is 0.205. The third-order valence-electron chi connectivity index (χ3n) is 2.54. The Morgan fingerprint density at radius 2 is 2.19 bits per heavy atom. The molecule has 0 heterocycles. The Kier molecular flexibility index (Phi) is 5.60. The van der Waals surface area contributed by atoms with Gasteiger partial charge in [-0.1, -0.05) is 17.7 Å². The first kappa shape index (κ1) is 13.3. The van der Waals surface area contributed by atoms with Crippen LogP contribution in [0.25, 0.3) is 0 Å². The van der Waals surface area contributed by atoms with Crippen LogP contribution < -0.4 is 10.6 Å². The second-order valence-electron chi connectivity index (χ2n) is 3.56. The molecule has 3 nitrogen and oxygen atoms in total. The average molecular weight is 243 g/mol. The van der Waals surface area contributed by atoms with E-state index in [1.165, 1.54) is 0 Å². The van der Waals surface area contributed by atoms with Crippen LogP contribution in [0.1, 0.15) is 12.5 Å². The van der Waals surface area contributed by atoms with Gasteiger partial charge >= 0.3 is 0 Å². The highest BCUT2D eigenvalue weighted by Gasteiger charge is 2.08. The van der Waals surface area contributed by atoms with Crippen molar-refractivity contribution in [1.29, 1.82) is 0 Å². The summed E-state index contributed by atoms with van der Waals surface area (Å²) in [6.07, 6.45) is 0. The van der Waals surface area contributed by atoms with Crippen molar-refractivity contribution in [3.63, 3.8) is 0 Å². The minimum Gasteiger partial charge on any atom is -0.383 e. The van der Waals surface area contributed by atoms with E-state index in [2.05, 4.69) is 11.8 Å². The van der Waals surface area contributed by atoms with Gasteiger partial charge < -0.3 is 15.4 Å².